The number of hydrogen-bond acceptors (Lipinski definition) is 3. The number of hydrogen-bond donors (Lipinski definition) is 1. The molecule has 29 heavy (non-hydrogen) atoms. The van der Waals surface area contributed by atoms with E-state index in [9.17, 15) is 18.4 Å². The molecule has 0 aromatic heterocycles. The van der Waals surface area contributed by atoms with Crippen molar-refractivity contribution < 1.29 is 23.1 Å². The number of ether oxygens (including phenoxy) is 1. The van der Waals surface area contributed by atoms with Crippen molar-refractivity contribution in [1.82, 2.24) is 0 Å². The van der Waals surface area contributed by atoms with Crippen LogP contribution in [0.4, 0.5) is 19.3 Å². The average Bonchev–Trinajstić information content (AvgIpc) is 2.66. The van der Waals surface area contributed by atoms with Crippen LogP contribution >= 0.6 is 0 Å². The Morgan fingerprint density at radius 3 is 2.07 bits per heavy atom. The van der Waals surface area contributed by atoms with Crippen LogP contribution in [0.2, 0.25) is 0 Å². The predicted octanol–water partition coefficient (Wildman–Crippen LogP) is 4.89. The molecular weight excluding hydrogens is 378 g/mol. The van der Waals surface area contributed by atoms with Crippen LogP contribution in [0.3, 0.4) is 0 Å². The van der Waals surface area contributed by atoms with E-state index in [0.717, 1.165) is 31.0 Å². The summed E-state index contributed by atoms with van der Waals surface area (Å²) < 4.78 is 34.1. The summed E-state index contributed by atoms with van der Waals surface area (Å²) in [7, 11) is 0. The molecule has 1 fully saturated rings. The Morgan fingerprint density at radius 1 is 1.00 bits per heavy atom. The molecule has 0 saturated heterocycles. The summed E-state index contributed by atoms with van der Waals surface area (Å²) in [6.07, 6.45) is 3.47. The van der Waals surface area contributed by atoms with Gasteiger partial charge < -0.3 is 10.5 Å². The zero-order valence-electron chi connectivity index (χ0n) is 16.4. The fraction of sp³-hybridized carbons (Fsp3) is 0.364. The quantitative estimate of drug-likeness (QED) is 0.791. The molecular formula is C22H24F2N2O3. The molecule has 3 amide bonds. The third-order valence-corrected chi connectivity index (χ3v) is 5.41. The van der Waals surface area contributed by atoms with E-state index < -0.39 is 29.1 Å². The highest BCUT2D eigenvalue weighted by atomic mass is 19.1. The fourth-order valence-electron chi connectivity index (χ4n) is 3.87. The lowest BCUT2D eigenvalue weighted by molar-refractivity contribution is 0.0553. The molecule has 1 aliphatic rings. The average molecular weight is 402 g/mol. The Morgan fingerprint density at radius 2 is 1.55 bits per heavy atom. The summed E-state index contributed by atoms with van der Waals surface area (Å²) in [5, 5.41) is 0. The number of benzene rings is 2. The minimum atomic E-state index is -1.17. The Labute approximate surface area is 168 Å². The molecule has 2 aromatic rings. The molecule has 3 rings (SSSR count). The molecule has 2 N–H and O–H groups in total. The lowest BCUT2D eigenvalue weighted by atomic mass is 9.80. The molecule has 1 saturated carbocycles. The number of anilines is 1. The van der Waals surface area contributed by atoms with Gasteiger partial charge >= 0.3 is 6.03 Å². The third-order valence-electron chi connectivity index (χ3n) is 5.41. The topological polar surface area (TPSA) is 72.6 Å². The van der Waals surface area contributed by atoms with E-state index in [-0.39, 0.29) is 11.8 Å². The van der Waals surface area contributed by atoms with Gasteiger partial charge in [-0.15, -0.1) is 0 Å². The lowest BCUT2D eigenvalue weighted by Gasteiger charge is -2.34. The molecule has 0 heterocycles. The second kappa shape index (κ2) is 8.59. The van der Waals surface area contributed by atoms with Gasteiger partial charge in [-0.3, -0.25) is 4.79 Å². The molecule has 0 bridgehead atoms. The summed E-state index contributed by atoms with van der Waals surface area (Å²) in [4.78, 5) is 25.0. The van der Waals surface area contributed by atoms with Crippen LogP contribution in [0.15, 0.2) is 42.5 Å². The van der Waals surface area contributed by atoms with Gasteiger partial charge in [-0.1, -0.05) is 26.3 Å². The van der Waals surface area contributed by atoms with Crippen LogP contribution in [0.25, 0.3) is 0 Å². The van der Waals surface area contributed by atoms with Crippen LogP contribution in [-0.2, 0) is 0 Å². The first kappa shape index (κ1) is 20.8. The first-order valence-electron chi connectivity index (χ1n) is 9.64. The highest BCUT2D eigenvalue weighted by Crippen LogP contribution is 2.33. The molecule has 2 unspecified atom stereocenters. The molecule has 7 heteroatoms. The van der Waals surface area contributed by atoms with E-state index in [2.05, 4.69) is 13.8 Å². The number of carbonyl (C=O) groups is 2. The van der Waals surface area contributed by atoms with Crippen molar-refractivity contribution in [3.05, 3.63) is 59.7 Å². The van der Waals surface area contributed by atoms with E-state index >= 15 is 0 Å². The second-order valence-corrected chi connectivity index (χ2v) is 7.54. The smallest absolute Gasteiger partial charge is 0.326 e. The van der Waals surface area contributed by atoms with Crippen LogP contribution in [0.5, 0.6) is 5.75 Å². The summed E-state index contributed by atoms with van der Waals surface area (Å²) in [6.45, 7) is 4.32. The molecule has 154 valence electrons. The van der Waals surface area contributed by atoms with Crippen molar-refractivity contribution in [2.45, 2.75) is 39.2 Å². The zero-order valence-corrected chi connectivity index (χ0v) is 16.4. The maximum atomic E-state index is 14.0. The van der Waals surface area contributed by atoms with E-state index in [4.69, 9.17) is 10.5 Å². The van der Waals surface area contributed by atoms with Crippen molar-refractivity contribution in [3.63, 3.8) is 0 Å². The van der Waals surface area contributed by atoms with Gasteiger partial charge in [0.2, 0.25) is 0 Å². The third kappa shape index (κ3) is 4.39. The van der Waals surface area contributed by atoms with E-state index in [1.54, 1.807) is 12.1 Å². The Kier molecular flexibility index (Phi) is 6.15. The predicted molar refractivity (Wildman–Crippen MR) is 106 cm³/mol. The Bertz CT molecular complexity index is 871. The summed E-state index contributed by atoms with van der Waals surface area (Å²) >= 11 is 0. The van der Waals surface area contributed by atoms with E-state index in [0.29, 0.717) is 22.5 Å². The molecule has 0 spiro atoms. The largest absolute Gasteiger partial charge is 0.490 e. The van der Waals surface area contributed by atoms with Crippen LogP contribution in [-0.4, -0.2) is 18.0 Å². The number of imide groups is 1. The van der Waals surface area contributed by atoms with Gasteiger partial charge in [0.15, 0.2) is 0 Å². The highest BCUT2D eigenvalue weighted by Gasteiger charge is 2.30. The SMILES string of the molecule is CC1CCCC(C)C1Oc1ccc(N(C(N)=O)C(=O)c2c(F)cccc2F)cc1. The van der Waals surface area contributed by atoms with Crippen molar-refractivity contribution in [2.75, 3.05) is 4.90 Å². The molecule has 0 aliphatic heterocycles. The van der Waals surface area contributed by atoms with Gasteiger partial charge in [0.05, 0.1) is 5.69 Å². The standard InChI is InChI=1S/C22H24F2N2O3/c1-13-5-3-6-14(2)20(13)29-16-11-9-15(10-12-16)26(22(25)28)21(27)19-17(23)7-4-8-18(19)24/h4,7-14,20H,3,5-6H2,1-2H3,(H2,25,28). The van der Waals surface area contributed by atoms with Crippen LogP contribution in [0, 0.1) is 23.5 Å². The summed E-state index contributed by atoms with van der Waals surface area (Å²) in [6, 6.07) is 8.05. The highest BCUT2D eigenvalue weighted by molar-refractivity contribution is 6.20. The monoisotopic (exact) mass is 402 g/mol. The lowest BCUT2D eigenvalue weighted by Crippen LogP contribution is -2.41. The van der Waals surface area contributed by atoms with E-state index in [1.165, 1.54) is 18.6 Å². The molecule has 0 radical (unpaired) electrons. The maximum Gasteiger partial charge on any atom is 0.326 e. The maximum absolute atomic E-state index is 14.0. The van der Waals surface area contributed by atoms with Crippen molar-refractivity contribution in [2.24, 2.45) is 17.6 Å². The Balaban J connectivity index is 1.84. The van der Waals surface area contributed by atoms with Gasteiger partial charge in [-0.2, -0.15) is 0 Å². The van der Waals surface area contributed by atoms with Gasteiger partial charge in [0, 0.05) is 0 Å². The van der Waals surface area contributed by atoms with Gasteiger partial charge in [-0.05, 0) is 61.1 Å². The van der Waals surface area contributed by atoms with E-state index in [1.807, 2.05) is 0 Å². The number of carbonyl (C=O) groups excluding carboxylic acids is 2. The van der Waals surface area contributed by atoms with Crippen molar-refractivity contribution in [1.29, 1.82) is 0 Å². The van der Waals surface area contributed by atoms with Gasteiger partial charge in [-0.25, -0.2) is 18.5 Å². The first-order valence-corrected chi connectivity index (χ1v) is 9.64. The Hall–Kier alpha value is -2.96. The van der Waals surface area contributed by atoms with Gasteiger partial charge in [0.1, 0.15) is 29.1 Å². The number of primary amides is 1. The van der Waals surface area contributed by atoms with Crippen molar-refractivity contribution in [3.8, 4) is 5.75 Å². The minimum absolute atomic E-state index is 0.0796. The summed E-state index contributed by atoms with van der Waals surface area (Å²) in [5.41, 5.74) is 4.58. The number of halogens is 2. The number of amides is 3. The number of nitrogens with two attached hydrogens (primary N) is 1. The normalized spacial score (nSPS) is 21.4. The number of rotatable bonds is 4. The fourth-order valence-corrected chi connectivity index (χ4v) is 3.87. The molecule has 5 nitrogen and oxygen atoms in total. The molecule has 2 aromatic carbocycles. The number of urea groups is 1. The first-order chi connectivity index (χ1) is 13.8. The van der Waals surface area contributed by atoms with Crippen LogP contribution in [0.1, 0.15) is 43.5 Å². The molecule has 2 atom stereocenters. The van der Waals surface area contributed by atoms with Gasteiger partial charge in [0.25, 0.3) is 5.91 Å². The number of nitrogens with zero attached hydrogens (tertiary/aromatic N) is 1. The zero-order chi connectivity index (χ0) is 21.1. The summed E-state index contributed by atoms with van der Waals surface area (Å²) in [5.74, 6) is -1.87. The van der Waals surface area contributed by atoms with Crippen LogP contribution < -0.4 is 15.4 Å². The van der Waals surface area contributed by atoms with Crippen molar-refractivity contribution >= 4 is 17.6 Å². The second-order valence-electron chi connectivity index (χ2n) is 7.54. The minimum Gasteiger partial charge on any atom is -0.490 e. The molecule has 1 aliphatic carbocycles.